The van der Waals surface area contributed by atoms with Crippen LogP contribution in [0.15, 0.2) is 6.20 Å². The maximum Gasteiger partial charge on any atom is 0.443 e. The average Bonchev–Trinajstić information content (AvgIpc) is 2.64. The third kappa shape index (κ3) is 2.97. The average molecular weight is 265 g/mol. The summed E-state index contributed by atoms with van der Waals surface area (Å²) in [5.74, 6) is 5.97. The van der Waals surface area contributed by atoms with Crippen molar-refractivity contribution in [3.63, 3.8) is 0 Å². The zero-order valence-electron chi connectivity index (χ0n) is 9.13. The number of nitrogens with two attached hydrogens (primary N) is 1. The normalized spacial score (nSPS) is 19.1. The van der Waals surface area contributed by atoms with Crippen LogP contribution in [0.1, 0.15) is 41.6 Å². The van der Waals surface area contributed by atoms with E-state index in [-0.39, 0.29) is 6.04 Å². The van der Waals surface area contributed by atoms with Crippen molar-refractivity contribution in [3.8, 4) is 0 Å². The molecule has 96 valence electrons. The largest absolute Gasteiger partial charge is 0.443 e. The summed E-state index contributed by atoms with van der Waals surface area (Å²) in [5.41, 5.74) is 2.59. The predicted octanol–water partition coefficient (Wildman–Crippen LogP) is 2.86. The van der Waals surface area contributed by atoms with Crippen molar-refractivity contribution in [2.24, 2.45) is 11.8 Å². The first kappa shape index (κ1) is 12.8. The van der Waals surface area contributed by atoms with E-state index in [1.165, 1.54) is 12.6 Å². The van der Waals surface area contributed by atoms with Crippen LogP contribution in [0.3, 0.4) is 0 Å². The van der Waals surface area contributed by atoms with Gasteiger partial charge in [-0.1, -0.05) is 19.3 Å². The molecular formula is C10H14F3N3S. The lowest BCUT2D eigenvalue weighted by Gasteiger charge is -2.28. The Bertz CT molecular complexity index is 373. The van der Waals surface area contributed by atoms with Crippen molar-refractivity contribution in [3.05, 3.63) is 16.1 Å². The molecule has 1 atom stereocenters. The van der Waals surface area contributed by atoms with Crippen LogP contribution in [0.25, 0.3) is 0 Å². The quantitative estimate of drug-likeness (QED) is 0.650. The van der Waals surface area contributed by atoms with Crippen LogP contribution in [-0.2, 0) is 6.18 Å². The molecule has 0 saturated heterocycles. The van der Waals surface area contributed by atoms with Crippen molar-refractivity contribution in [1.82, 2.24) is 10.4 Å². The summed E-state index contributed by atoms with van der Waals surface area (Å²) in [7, 11) is 0. The monoisotopic (exact) mass is 265 g/mol. The SMILES string of the molecule is NNC(CC1CCC1)c1cnc(C(F)(F)F)s1. The fourth-order valence-electron chi connectivity index (χ4n) is 1.91. The molecular weight excluding hydrogens is 251 g/mol. The van der Waals surface area contributed by atoms with Crippen LogP contribution >= 0.6 is 11.3 Å². The first-order chi connectivity index (χ1) is 8.00. The van der Waals surface area contributed by atoms with E-state index in [1.807, 2.05) is 0 Å². The summed E-state index contributed by atoms with van der Waals surface area (Å²) < 4.78 is 37.2. The van der Waals surface area contributed by atoms with Crippen LogP contribution in [0.4, 0.5) is 13.2 Å². The minimum atomic E-state index is -4.36. The van der Waals surface area contributed by atoms with Gasteiger partial charge in [-0.15, -0.1) is 11.3 Å². The fourth-order valence-corrected chi connectivity index (χ4v) is 2.76. The number of rotatable bonds is 4. The molecule has 7 heteroatoms. The molecule has 0 spiro atoms. The van der Waals surface area contributed by atoms with Gasteiger partial charge < -0.3 is 0 Å². The lowest BCUT2D eigenvalue weighted by atomic mass is 9.81. The number of hydrazine groups is 1. The Kier molecular flexibility index (Phi) is 3.70. The maximum atomic E-state index is 12.4. The molecule has 2 rings (SSSR count). The molecule has 1 saturated carbocycles. The number of hydrogen-bond acceptors (Lipinski definition) is 4. The first-order valence-electron chi connectivity index (χ1n) is 5.49. The van der Waals surface area contributed by atoms with E-state index < -0.39 is 11.2 Å². The Morgan fingerprint density at radius 3 is 2.65 bits per heavy atom. The van der Waals surface area contributed by atoms with E-state index in [9.17, 15) is 13.2 Å². The van der Waals surface area contributed by atoms with E-state index in [4.69, 9.17) is 5.84 Å². The predicted molar refractivity (Wildman–Crippen MR) is 59.1 cm³/mol. The Labute approximate surface area is 101 Å². The zero-order valence-corrected chi connectivity index (χ0v) is 9.94. The molecule has 0 radical (unpaired) electrons. The van der Waals surface area contributed by atoms with Gasteiger partial charge in [0.15, 0.2) is 5.01 Å². The highest BCUT2D eigenvalue weighted by Gasteiger charge is 2.35. The number of nitrogens with one attached hydrogen (secondary N) is 1. The van der Waals surface area contributed by atoms with Crippen LogP contribution in [0.5, 0.6) is 0 Å². The molecule has 1 aromatic heterocycles. The summed E-state index contributed by atoms with van der Waals surface area (Å²) in [6.45, 7) is 0. The number of nitrogens with zero attached hydrogens (tertiary/aromatic N) is 1. The lowest BCUT2D eigenvalue weighted by molar-refractivity contribution is -0.137. The summed E-state index contributed by atoms with van der Waals surface area (Å²) in [6, 6.07) is -0.214. The van der Waals surface area contributed by atoms with Crippen molar-refractivity contribution >= 4 is 11.3 Å². The molecule has 0 aliphatic heterocycles. The molecule has 1 heterocycles. The van der Waals surface area contributed by atoms with Crippen LogP contribution in [0.2, 0.25) is 0 Å². The summed E-state index contributed by atoms with van der Waals surface area (Å²) in [4.78, 5) is 3.97. The van der Waals surface area contributed by atoms with Gasteiger partial charge in [-0.05, 0) is 12.3 Å². The Balaban J connectivity index is 2.05. The molecule has 1 aromatic rings. The minimum Gasteiger partial charge on any atom is -0.271 e. The van der Waals surface area contributed by atoms with Gasteiger partial charge in [-0.25, -0.2) is 4.98 Å². The highest BCUT2D eigenvalue weighted by atomic mass is 32.1. The van der Waals surface area contributed by atoms with Gasteiger partial charge in [-0.3, -0.25) is 11.3 Å². The van der Waals surface area contributed by atoms with Gasteiger partial charge in [0.25, 0.3) is 0 Å². The summed E-state index contributed by atoms with van der Waals surface area (Å²) in [5, 5.41) is -0.804. The van der Waals surface area contributed by atoms with Crippen LogP contribution in [-0.4, -0.2) is 4.98 Å². The van der Waals surface area contributed by atoms with Gasteiger partial charge in [0.1, 0.15) is 0 Å². The Morgan fingerprint density at radius 1 is 1.53 bits per heavy atom. The molecule has 1 unspecified atom stereocenters. The maximum absolute atomic E-state index is 12.4. The molecule has 3 N–H and O–H groups in total. The standard InChI is InChI=1S/C10H14F3N3S/c11-10(12,13)9-15-5-8(17-9)7(16-14)4-6-2-1-3-6/h5-7,16H,1-4,14H2. The second-order valence-corrected chi connectivity index (χ2v) is 5.38. The Hall–Kier alpha value is -0.660. The third-order valence-corrected chi connectivity index (χ3v) is 4.26. The van der Waals surface area contributed by atoms with Gasteiger partial charge in [0.2, 0.25) is 0 Å². The third-order valence-electron chi connectivity index (χ3n) is 3.10. The topological polar surface area (TPSA) is 50.9 Å². The number of thiazole rings is 1. The highest BCUT2D eigenvalue weighted by Crippen LogP contribution is 2.38. The molecule has 1 aliphatic carbocycles. The van der Waals surface area contributed by atoms with Crippen LogP contribution in [0, 0.1) is 5.92 Å². The van der Waals surface area contributed by atoms with E-state index in [0.29, 0.717) is 22.1 Å². The molecule has 1 fully saturated rings. The van der Waals surface area contributed by atoms with Crippen LogP contribution < -0.4 is 11.3 Å². The molecule has 3 nitrogen and oxygen atoms in total. The first-order valence-corrected chi connectivity index (χ1v) is 6.31. The van der Waals surface area contributed by atoms with Gasteiger partial charge in [0.05, 0.1) is 6.04 Å². The lowest BCUT2D eigenvalue weighted by Crippen LogP contribution is -2.30. The van der Waals surface area contributed by atoms with Gasteiger partial charge in [-0.2, -0.15) is 13.2 Å². The minimum absolute atomic E-state index is 0.214. The van der Waals surface area contributed by atoms with E-state index in [2.05, 4.69) is 10.4 Å². The van der Waals surface area contributed by atoms with Gasteiger partial charge in [0, 0.05) is 11.1 Å². The van der Waals surface area contributed by atoms with E-state index in [1.54, 1.807) is 0 Å². The number of aromatic nitrogens is 1. The second-order valence-electron chi connectivity index (χ2n) is 4.32. The highest BCUT2D eigenvalue weighted by molar-refractivity contribution is 7.11. The fraction of sp³-hybridized carbons (Fsp3) is 0.700. The van der Waals surface area contributed by atoms with Crippen molar-refractivity contribution in [2.75, 3.05) is 0 Å². The second kappa shape index (κ2) is 4.91. The molecule has 0 bridgehead atoms. The van der Waals surface area contributed by atoms with Gasteiger partial charge >= 0.3 is 6.18 Å². The zero-order chi connectivity index (χ0) is 12.5. The smallest absolute Gasteiger partial charge is 0.271 e. The van der Waals surface area contributed by atoms with Crippen molar-refractivity contribution < 1.29 is 13.2 Å². The Morgan fingerprint density at radius 2 is 2.24 bits per heavy atom. The molecule has 0 amide bonds. The number of hydrogen-bond donors (Lipinski definition) is 2. The number of alkyl halides is 3. The summed E-state index contributed by atoms with van der Waals surface area (Å²) in [6.07, 6.45) is 1.19. The molecule has 17 heavy (non-hydrogen) atoms. The summed E-state index contributed by atoms with van der Waals surface area (Å²) >= 11 is 0.670. The molecule has 0 aromatic carbocycles. The van der Waals surface area contributed by atoms with E-state index >= 15 is 0 Å². The molecule has 1 aliphatic rings. The van der Waals surface area contributed by atoms with Crippen molar-refractivity contribution in [2.45, 2.75) is 37.9 Å². The van der Waals surface area contributed by atoms with Crippen molar-refractivity contribution in [1.29, 1.82) is 0 Å². The number of halogens is 3. The van der Waals surface area contributed by atoms with E-state index in [0.717, 1.165) is 19.3 Å².